The lowest BCUT2D eigenvalue weighted by Crippen LogP contribution is -2.38. The van der Waals surface area contributed by atoms with Gasteiger partial charge in [-0.3, -0.25) is 9.78 Å². The molecule has 0 aliphatic heterocycles. The molecule has 11 nitrogen and oxygen atoms in total. The van der Waals surface area contributed by atoms with E-state index in [0.29, 0.717) is 33.8 Å². The second kappa shape index (κ2) is 13.9. The number of sulfonamides is 1. The number of aliphatic imine (C=N–C) groups is 1. The van der Waals surface area contributed by atoms with E-state index in [1.165, 1.54) is 6.07 Å². The normalized spacial score (nSPS) is 12.4. The molecule has 4 rings (SSSR count). The van der Waals surface area contributed by atoms with Crippen LogP contribution in [0.3, 0.4) is 0 Å². The van der Waals surface area contributed by atoms with Crippen molar-refractivity contribution in [1.29, 1.82) is 0 Å². The van der Waals surface area contributed by atoms with Crippen LogP contribution >= 0.6 is 0 Å². The zero-order valence-corrected chi connectivity index (χ0v) is 25.4. The fourth-order valence-electron chi connectivity index (χ4n) is 4.47. The lowest BCUT2D eigenvalue weighted by atomic mass is 10.1. The Kier molecular flexibility index (Phi) is 10.1. The maximum Gasteiger partial charge on any atom is 0.436 e. The van der Waals surface area contributed by atoms with Gasteiger partial charge in [-0.15, -0.1) is 0 Å². The number of nitrogens with zero attached hydrogens (tertiary/aromatic N) is 3. The van der Waals surface area contributed by atoms with Crippen molar-refractivity contribution in [3.8, 4) is 11.1 Å². The highest BCUT2D eigenvalue weighted by Gasteiger charge is 2.18. The van der Waals surface area contributed by atoms with Crippen LogP contribution in [-0.2, 0) is 19.6 Å². The monoisotopic (exact) mass is 614 g/mol. The Morgan fingerprint density at radius 2 is 1.66 bits per heavy atom. The summed E-state index contributed by atoms with van der Waals surface area (Å²) >= 11 is 0. The van der Waals surface area contributed by atoms with Crippen LogP contribution in [0, 0.1) is 0 Å². The van der Waals surface area contributed by atoms with Crippen molar-refractivity contribution in [3.63, 3.8) is 0 Å². The minimum atomic E-state index is -3.90. The summed E-state index contributed by atoms with van der Waals surface area (Å²) in [6.07, 6.45) is 0.167. The van der Waals surface area contributed by atoms with Crippen LogP contribution in [0.5, 0.6) is 0 Å². The topological polar surface area (TPSA) is 170 Å². The molecule has 2 amide bonds. The number of amidine groups is 1. The molecule has 5 N–H and O–H groups in total. The van der Waals surface area contributed by atoms with E-state index in [0.717, 1.165) is 0 Å². The molecule has 0 aliphatic carbocycles. The largest absolute Gasteiger partial charge is 0.438 e. The molecule has 1 unspecified atom stereocenters. The second-order valence-electron chi connectivity index (χ2n) is 10.2. The number of primary sulfonamides is 1. The molecule has 0 saturated carbocycles. The quantitative estimate of drug-likeness (QED) is 0.168. The summed E-state index contributed by atoms with van der Waals surface area (Å²) in [6, 6.07) is 25.6. The summed E-state index contributed by atoms with van der Waals surface area (Å²) in [6.45, 7) is 5.62. The van der Waals surface area contributed by atoms with Crippen molar-refractivity contribution in [1.82, 2.24) is 4.98 Å². The van der Waals surface area contributed by atoms with Crippen molar-refractivity contribution in [2.45, 2.75) is 37.8 Å². The predicted molar refractivity (Wildman–Crippen MR) is 171 cm³/mol. The lowest BCUT2D eigenvalue weighted by molar-refractivity contribution is -0.115. The molecule has 4 aromatic rings. The molecular weight excluding hydrogens is 580 g/mol. The minimum Gasteiger partial charge on any atom is -0.438 e. The van der Waals surface area contributed by atoms with Gasteiger partial charge >= 0.3 is 6.09 Å². The van der Waals surface area contributed by atoms with Crippen molar-refractivity contribution in [2.24, 2.45) is 15.9 Å². The molecule has 0 saturated heterocycles. The number of carbonyl (C=O) groups is 2. The Morgan fingerprint density at radius 1 is 0.955 bits per heavy atom. The van der Waals surface area contributed by atoms with Crippen LogP contribution in [0.4, 0.5) is 16.2 Å². The number of hydrogen-bond donors (Lipinski definition) is 3. The first-order chi connectivity index (χ1) is 20.9. The van der Waals surface area contributed by atoms with Gasteiger partial charge in [0, 0.05) is 34.7 Å². The molecule has 228 valence electrons. The first kappa shape index (κ1) is 31.9. The first-order valence-corrected chi connectivity index (χ1v) is 15.3. The zero-order valence-electron chi connectivity index (χ0n) is 24.5. The Bertz CT molecular complexity index is 1760. The Morgan fingerprint density at radius 3 is 2.32 bits per heavy atom. The summed E-state index contributed by atoms with van der Waals surface area (Å²) in [5, 5.41) is 8.25. The number of ether oxygens (including phenoxy) is 1. The number of amides is 2. The Hall–Kier alpha value is -5.07. The molecule has 0 spiro atoms. The number of benzene rings is 3. The summed E-state index contributed by atoms with van der Waals surface area (Å²) in [5.74, 6) is -0.294. The molecule has 1 aromatic heterocycles. The van der Waals surface area contributed by atoms with E-state index < -0.39 is 22.2 Å². The summed E-state index contributed by atoms with van der Waals surface area (Å²) in [4.78, 5) is 35.4. The van der Waals surface area contributed by atoms with Gasteiger partial charge in [-0.05, 0) is 68.8 Å². The van der Waals surface area contributed by atoms with E-state index in [1.807, 2.05) is 24.8 Å². The van der Waals surface area contributed by atoms with E-state index in [-0.39, 0.29) is 29.2 Å². The van der Waals surface area contributed by atoms with Crippen molar-refractivity contribution in [3.05, 3.63) is 108 Å². The summed E-state index contributed by atoms with van der Waals surface area (Å²) < 4.78 is 29.3. The number of hydrogen-bond acceptors (Lipinski definition) is 7. The number of nitrogens with two attached hydrogens (primary N) is 2. The highest BCUT2D eigenvalue weighted by Crippen LogP contribution is 2.28. The third-order valence-electron chi connectivity index (χ3n) is 6.68. The standard InChI is InChI=1S/C32H34N6O5S/c1-21(2)38(20-30(39)36-25-16-14-23(15-17-25)27-11-4-5-13-29(27)44(34,41)42)26-10-8-9-24(19-26)31(33)37-32(40)43-22(3)28-12-6-7-18-35-28/h4-19,21-22H,20H2,1-3H3,(H,36,39)(H2,33,37,40)(H2,34,41,42). The molecule has 1 atom stereocenters. The fraction of sp³-hybridized carbons (Fsp3) is 0.188. The van der Waals surface area contributed by atoms with Gasteiger partial charge in [0.25, 0.3) is 0 Å². The number of aromatic nitrogens is 1. The SMILES string of the molecule is CC(OC(=O)N=C(N)c1cccc(N(CC(=O)Nc2ccc(-c3ccccc3S(N)(=O)=O)cc2)C(C)C)c1)c1ccccn1. The average molecular weight is 615 g/mol. The minimum absolute atomic E-state index is 0.0215. The van der Waals surface area contributed by atoms with Gasteiger partial charge in [-0.25, -0.2) is 18.4 Å². The molecule has 0 bridgehead atoms. The number of rotatable bonds is 10. The maximum atomic E-state index is 13.1. The van der Waals surface area contributed by atoms with E-state index in [2.05, 4.69) is 15.3 Å². The van der Waals surface area contributed by atoms with E-state index >= 15 is 0 Å². The molecule has 0 radical (unpaired) electrons. The third-order valence-corrected chi connectivity index (χ3v) is 7.65. The van der Waals surface area contributed by atoms with Crippen LogP contribution in [0.25, 0.3) is 11.1 Å². The zero-order chi connectivity index (χ0) is 31.9. The van der Waals surface area contributed by atoms with Gasteiger partial charge in [0.05, 0.1) is 17.1 Å². The first-order valence-electron chi connectivity index (χ1n) is 13.8. The molecular formula is C32H34N6O5S. The molecule has 0 fully saturated rings. The van der Waals surface area contributed by atoms with E-state index in [4.69, 9.17) is 15.6 Å². The van der Waals surface area contributed by atoms with Gasteiger partial charge in [0.15, 0.2) is 0 Å². The van der Waals surface area contributed by atoms with Gasteiger partial charge < -0.3 is 20.7 Å². The smallest absolute Gasteiger partial charge is 0.436 e. The number of pyridine rings is 1. The summed E-state index contributed by atoms with van der Waals surface area (Å²) in [7, 11) is -3.90. The van der Waals surface area contributed by atoms with E-state index in [1.54, 1.807) is 92.0 Å². The highest BCUT2D eigenvalue weighted by atomic mass is 32.2. The number of carbonyl (C=O) groups excluding carboxylic acids is 2. The van der Waals surface area contributed by atoms with Crippen LogP contribution in [0.1, 0.15) is 38.1 Å². The number of anilines is 2. The average Bonchev–Trinajstić information content (AvgIpc) is 3.00. The maximum absolute atomic E-state index is 13.1. The van der Waals surface area contributed by atoms with Gasteiger partial charge in [0.1, 0.15) is 11.9 Å². The van der Waals surface area contributed by atoms with Gasteiger partial charge in [-0.2, -0.15) is 4.99 Å². The van der Waals surface area contributed by atoms with Crippen LogP contribution in [0.2, 0.25) is 0 Å². The van der Waals surface area contributed by atoms with Gasteiger partial charge in [0.2, 0.25) is 15.9 Å². The van der Waals surface area contributed by atoms with Gasteiger partial charge in [-0.1, -0.05) is 48.5 Å². The Labute approximate surface area is 256 Å². The molecule has 12 heteroatoms. The highest BCUT2D eigenvalue weighted by molar-refractivity contribution is 7.89. The van der Waals surface area contributed by atoms with Crippen LogP contribution in [-0.4, -0.2) is 43.8 Å². The Balaban J connectivity index is 1.44. The van der Waals surface area contributed by atoms with Crippen LogP contribution < -0.4 is 21.1 Å². The number of nitrogens with one attached hydrogen (secondary N) is 1. The van der Waals surface area contributed by atoms with Crippen molar-refractivity contribution < 1.29 is 22.7 Å². The van der Waals surface area contributed by atoms with Crippen molar-refractivity contribution >= 4 is 39.2 Å². The molecule has 1 heterocycles. The molecule has 44 heavy (non-hydrogen) atoms. The third kappa shape index (κ3) is 8.27. The van der Waals surface area contributed by atoms with Crippen molar-refractivity contribution in [2.75, 3.05) is 16.8 Å². The second-order valence-corrected chi connectivity index (χ2v) is 11.7. The van der Waals surface area contributed by atoms with E-state index in [9.17, 15) is 18.0 Å². The molecule has 3 aromatic carbocycles. The summed E-state index contributed by atoms with van der Waals surface area (Å²) in [5.41, 5.74) is 9.58. The predicted octanol–water partition coefficient (Wildman–Crippen LogP) is 4.85. The fourth-order valence-corrected chi connectivity index (χ4v) is 5.24. The van der Waals surface area contributed by atoms with Crippen LogP contribution in [0.15, 0.2) is 107 Å². The lowest BCUT2D eigenvalue weighted by Gasteiger charge is -2.28. The molecule has 0 aliphatic rings.